The van der Waals surface area contributed by atoms with Gasteiger partial charge in [-0.25, -0.2) is 8.42 Å². The molecule has 0 amide bonds. The van der Waals surface area contributed by atoms with Crippen molar-refractivity contribution in [2.75, 3.05) is 11.5 Å². The second-order valence-electron chi connectivity index (χ2n) is 4.92. The molecule has 1 aromatic rings. The molecule has 0 bridgehead atoms. The Kier molecular flexibility index (Phi) is 4.54. The Bertz CT molecular complexity index is 673. The Morgan fingerprint density at radius 2 is 2.19 bits per heavy atom. The van der Waals surface area contributed by atoms with Gasteiger partial charge in [0.25, 0.3) is 0 Å². The quantitative estimate of drug-likeness (QED) is 0.632. The molecular formula is C12H14BrNO6S. The minimum Gasteiger partial charge on any atom is -0.482 e. The minimum absolute atomic E-state index is 0.00596. The van der Waals surface area contributed by atoms with Crippen molar-refractivity contribution in [2.45, 2.75) is 25.6 Å². The SMILES string of the molecule is C[C@@H](O)c1cc(Br)cc([N+](=O)[O-])c1OC1CCS(=O)(=O)C1. The lowest BCUT2D eigenvalue weighted by Gasteiger charge is -2.17. The molecule has 0 aliphatic carbocycles. The number of halogens is 1. The third-order valence-electron chi connectivity index (χ3n) is 3.18. The van der Waals surface area contributed by atoms with Gasteiger partial charge in [0.15, 0.2) is 9.84 Å². The molecule has 2 atom stereocenters. The molecule has 0 spiro atoms. The first-order valence-electron chi connectivity index (χ1n) is 6.22. The number of hydrogen-bond donors (Lipinski definition) is 1. The molecule has 1 heterocycles. The highest BCUT2D eigenvalue weighted by atomic mass is 79.9. The van der Waals surface area contributed by atoms with Crippen LogP contribution in [-0.2, 0) is 9.84 Å². The number of aliphatic hydroxyl groups excluding tert-OH is 1. The van der Waals surface area contributed by atoms with E-state index in [1.54, 1.807) is 0 Å². The van der Waals surface area contributed by atoms with Gasteiger partial charge in [0, 0.05) is 16.1 Å². The number of rotatable bonds is 4. The van der Waals surface area contributed by atoms with Crippen molar-refractivity contribution in [1.82, 2.24) is 0 Å². The van der Waals surface area contributed by atoms with E-state index in [-0.39, 0.29) is 34.9 Å². The number of ether oxygens (including phenoxy) is 1. The Morgan fingerprint density at radius 3 is 2.67 bits per heavy atom. The normalized spacial score (nSPS) is 22.0. The molecule has 1 saturated heterocycles. The second-order valence-corrected chi connectivity index (χ2v) is 8.06. The lowest BCUT2D eigenvalue weighted by molar-refractivity contribution is -0.386. The number of aliphatic hydroxyl groups is 1. The average Bonchev–Trinajstić information content (AvgIpc) is 2.69. The van der Waals surface area contributed by atoms with E-state index >= 15 is 0 Å². The summed E-state index contributed by atoms with van der Waals surface area (Å²) in [4.78, 5) is 10.5. The summed E-state index contributed by atoms with van der Waals surface area (Å²) >= 11 is 3.15. The van der Waals surface area contributed by atoms with Gasteiger partial charge in [-0.3, -0.25) is 10.1 Å². The zero-order valence-electron chi connectivity index (χ0n) is 11.2. The molecule has 1 aliphatic rings. The van der Waals surface area contributed by atoms with Gasteiger partial charge in [0.2, 0.25) is 5.75 Å². The standard InChI is InChI=1S/C12H14BrNO6S/c1-7(15)10-4-8(13)5-11(14(16)17)12(10)20-9-2-3-21(18,19)6-9/h4-5,7,9,15H,2-3,6H2,1H3/t7-,9?/m1/s1. The van der Waals surface area contributed by atoms with Gasteiger partial charge in [0.1, 0.15) is 6.10 Å². The molecule has 1 unspecified atom stereocenters. The van der Waals surface area contributed by atoms with Crippen LogP contribution in [-0.4, -0.2) is 36.1 Å². The van der Waals surface area contributed by atoms with Crippen LogP contribution in [0.3, 0.4) is 0 Å². The molecule has 0 saturated carbocycles. The fraction of sp³-hybridized carbons (Fsp3) is 0.500. The smallest absolute Gasteiger partial charge is 0.312 e. The Morgan fingerprint density at radius 1 is 1.52 bits per heavy atom. The summed E-state index contributed by atoms with van der Waals surface area (Å²) in [5.74, 6) is -0.230. The highest BCUT2D eigenvalue weighted by Crippen LogP contribution is 2.39. The maximum Gasteiger partial charge on any atom is 0.312 e. The van der Waals surface area contributed by atoms with Gasteiger partial charge in [-0.1, -0.05) is 15.9 Å². The summed E-state index contributed by atoms with van der Waals surface area (Å²) in [6.45, 7) is 1.46. The topological polar surface area (TPSA) is 107 Å². The van der Waals surface area contributed by atoms with E-state index in [1.165, 1.54) is 19.1 Å². The summed E-state index contributed by atoms with van der Waals surface area (Å²) < 4.78 is 28.9. The van der Waals surface area contributed by atoms with Gasteiger partial charge in [-0.15, -0.1) is 0 Å². The van der Waals surface area contributed by atoms with Gasteiger partial charge in [-0.2, -0.15) is 0 Å². The number of hydrogen-bond acceptors (Lipinski definition) is 6. The second kappa shape index (κ2) is 5.90. The molecule has 116 valence electrons. The predicted molar refractivity (Wildman–Crippen MR) is 79.1 cm³/mol. The molecule has 0 aromatic heterocycles. The summed E-state index contributed by atoms with van der Waals surface area (Å²) in [5, 5.41) is 20.9. The molecule has 1 fully saturated rings. The number of benzene rings is 1. The Balaban J connectivity index is 2.43. The van der Waals surface area contributed by atoms with Crippen molar-refractivity contribution >= 4 is 31.5 Å². The molecule has 0 radical (unpaired) electrons. The van der Waals surface area contributed by atoms with Gasteiger partial charge in [0.05, 0.1) is 22.5 Å². The van der Waals surface area contributed by atoms with Crippen LogP contribution in [0.2, 0.25) is 0 Å². The van der Waals surface area contributed by atoms with E-state index in [2.05, 4.69) is 15.9 Å². The van der Waals surface area contributed by atoms with Crippen molar-refractivity contribution in [3.63, 3.8) is 0 Å². The minimum atomic E-state index is -3.16. The van der Waals surface area contributed by atoms with Crippen LogP contribution in [0.5, 0.6) is 5.75 Å². The van der Waals surface area contributed by atoms with Gasteiger partial charge >= 0.3 is 5.69 Å². The fourth-order valence-electron chi connectivity index (χ4n) is 2.19. The number of sulfone groups is 1. The molecule has 1 aromatic carbocycles. The third-order valence-corrected chi connectivity index (χ3v) is 5.38. The van der Waals surface area contributed by atoms with Gasteiger partial charge in [-0.05, 0) is 19.4 Å². The van der Waals surface area contributed by atoms with E-state index < -0.39 is 27.0 Å². The maximum atomic E-state index is 11.5. The molecule has 7 nitrogen and oxygen atoms in total. The predicted octanol–water partition coefficient (Wildman–Crippen LogP) is 1.98. The van der Waals surface area contributed by atoms with Crippen molar-refractivity contribution in [2.24, 2.45) is 0 Å². The van der Waals surface area contributed by atoms with E-state index in [0.29, 0.717) is 4.47 Å². The first-order chi connectivity index (χ1) is 9.69. The highest BCUT2D eigenvalue weighted by Gasteiger charge is 2.33. The number of nitrogens with zero attached hydrogens (tertiary/aromatic N) is 1. The van der Waals surface area contributed by atoms with Crippen LogP contribution in [0, 0.1) is 10.1 Å². The van der Waals surface area contributed by atoms with Crippen molar-refractivity contribution < 1.29 is 23.2 Å². The van der Waals surface area contributed by atoms with E-state index in [1.807, 2.05) is 0 Å². The van der Waals surface area contributed by atoms with Crippen molar-refractivity contribution in [3.05, 3.63) is 32.3 Å². The van der Waals surface area contributed by atoms with Crippen LogP contribution in [0.1, 0.15) is 25.0 Å². The van der Waals surface area contributed by atoms with E-state index in [0.717, 1.165) is 0 Å². The van der Waals surface area contributed by atoms with Crippen LogP contribution < -0.4 is 4.74 Å². The van der Waals surface area contributed by atoms with Crippen LogP contribution in [0.25, 0.3) is 0 Å². The van der Waals surface area contributed by atoms with E-state index in [9.17, 15) is 23.6 Å². The molecule has 1 aliphatic heterocycles. The molecule has 9 heteroatoms. The number of nitro groups is 1. The fourth-order valence-corrected chi connectivity index (χ4v) is 4.25. The molecule has 21 heavy (non-hydrogen) atoms. The molecule has 1 N–H and O–H groups in total. The Labute approximate surface area is 130 Å². The van der Waals surface area contributed by atoms with Crippen molar-refractivity contribution in [3.8, 4) is 5.75 Å². The first kappa shape index (κ1) is 16.2. The third kappa shape index (κ3) is 3.72. The Hall–Kier alpha value is -1.19. The number of nitro benzene ring substituents is 1. The lowest BCUT2D eigenvalue weighted by Crippen LogP contribution is -2.19. The summed E-state index contributed by atoms with van der Waals surface area (Å²) in [6.07, 6.45) is -1.32. The zero-order chi connectivity index (χ0) is 15.8. The maximum absolute atomic E-state index is 11.5. The van der Waals surface area contributed by atoms with Crippen molar-refractivity contribution in [1.29, 1.82) is 0 Å². The molecule has 2 rings (SSSR count). The first-order valence-corrected chi connectivity index (χ1v) is 8.84. The van der Waals surface area contributed by atoms with Crippen LogP contribution >= 0.6 is 15.9 Å². The molecular weight excluding hydrogens is 366 g/mol. The zero-order valence-corrected chi connectivity index (χ0v) is 13.6. The van der Waals surface area contributed by atoms with Crippen LogP contribution in [0.15, 0.2) is 16.6 Å². The average molecular weight is 380 g/mol. The largest absolute Gasteiger partial charge is 0.482 e. The summed E-state index contributed by atoms with van der Waals surface area (Å²) in [7, 11) is -3.16. The summed E-state index contributed by atoms with van der Waals surface area (Å²) in [6, 6.07) is 2.79. The highest BCUT2D eigenvalue weighted by molar-refractivity contribution is 9.10. The van der Waals surface area contributed by atoms with Gasteiger partial charge < -0.3 is 9.84 Å². The monoisotopic (exact) mass is 379 g/mol. The van der Waals surface area contributed by atoms with E-state index in [4.69, 9.17) is 4.74 Å². The summed E-state index contributed by atoms with van der Waals surface area (Å²) in [5.41, 5.74) is -0.0510. The lowest BCUT2D eigenvalue weighted by atomic mass is 10.1. The van der Waals surface area contributed by atoms with Crippen LogP contribution in [0.4, 0.5) is 5.69 Å².